The first-order valence-corrected chi connectivity index (χ1v) is 5.56. The molecule has 1 heterocycles. The second-order valence-electron chi connectivity index (χ2n) is 4.02. The molecule has 0 aliphatic carbocycles. The fraction of sp³-hybridized carbons (Fsp3) is 0.308. The average Bonchev–Trinajstić information content (AvgIpc) is 2.70. The molecule has 1 aliphatic rings. The quantitative estimate of drug-likeness (QED) is 0.749. The monoisotopic (exact) mass is 244 g/mol. The number of nitriles is 1. The summed E-state index contributed by atoms with van der Waals surface area (Å²) in [6, 6.07) is 7.04. The molecule has 2 rings (SSSR count). The highest BCUT2D eigenvalue weighted by Crippen LogP contribution is 2.22. The van der Waals surface area contributed by atoms with Crippen molar-refractivity contribution in [3.63, 3.8) is 0 Å². The van der Waals surface area contributed by atoms with Gasteiger partial charge in [-0.15, -0.1) is 0 Å². The van der Waals surface area contributed by atoms with Crippen LogP contribution in [0.1, 0.15) is 24.0 Å². The smallest absolute Gasteiger partial charge is 0.229 e. The number of imide groups is 1. The molecule has 0 saturated carbocycles. The van der Waals surface area contributed by atoms with Crippen LogP contribution < -0.4 is 4.74 Å². The number of hydrogen-bond acceptors (Lipinski definition) is 4. The maximum Gasteiger partial charge on any atom is 0.229 e. The van der Waals surface area contributed by atoms with Crippen LogP contribution in [0, 0.1) is 11.3 Å². The van der Waals surface area contributed by atoms with Crippen LogP contribution in [-0.2, 0) is 16.1 Å². The number of hydrogen-bond donors (Lipinski definition) is 0. The predicted octanol–water partition coefficient (Wildman–Crippen LogP) is 1.22. The third kappa shape index (κ3) is 2.18. The minimum atomic E-state index is -0.150. The zero-order valence-corrected chi connectivity index (χ0v) is 9.97. The van der Waals surface area contributed by atoms with Crippen LogP contribution in [0.4, 0.5) is 0 Å². The summed E-state index contributed by atoms with van der Waals surface area (Å²) < 4.78 is 5.08. The Morgan fingerprint density at radius 3 is 2.56 bits per heavy atom. The van der Waals surface area contributed by atoms with Gasteiger partial charge in [0.15, 0.2) is 0 Å². The van der Waals surface area contributed by atoms with E-state index in [9.17, 15) is 9.59 Å². The Hall–Kier alpha value is -2.35. The van der Waals surface area contributed by atoms with Crippen molar-refractivity contribution in [3.8, 4) is 11.8 Å². The van der Waals surface area contributed by atoms with Crippen molar-refractivity contribution in [2.75, 3.05) is 7.11 Å². The van der Waals surface area contributed by atoms with Crippen molar-refractivity contribution in [1.82, 2.24) is 4.90 Å². The second kappa shape index (κ2) is 4.88. The molecular formula is C13H12N2O3. The summed E-state index contributed by atoms with van der Waals surface area (Å²) >= 11 is 0. The second-order valence-corrected chi connectivity index (χ2v) is 4.02. The number of amides is 2. The third-order valence-electron chi connectivity index (χ3n) is 2.88. The predicted molar refractivity (Wildman–Crippen MR) is 62.5 cm³/mol. The van der Waals surface area contributed by atoms with Gasteiger partial charge >= 0.3 is 0 Å². The van der Waals surface area contributed by atoms with Crippen LogP contribution in [0.2, 0.25) is 0 Å². The minimum absolute atomic E-state index is 0.150. The molecule has 0 radical (unpaired) electrons. The Kier molecular flexibility index (Phi) is 3.28. The molecule has 1 aliphatic heterocycles. The number of methoxy groups -OCH3 is 1. The molecule has 0 atom stereocenters. The zero-order chi connectivity index (χ0) is 13.1. The molecule has 1 saturated heterocycles. The van der Waals surface area contributed by atoms with E-state index in [1.54, 1.807) is 18.2 Å². The largest absolute Gasteiger partial charge is 0.495 e. The van der Waals surface area contributed by atoms with Gasteiger partial charge < -0.3 is 4.74 Å². The van der Waals surface area contributed by atoms with Gasteiger partial charge in [-0.05, 0) is 17.7 Å². The van der Waals surface area contributed by atoms with Crippen molar-refractivity contribution in [1.29, 1.82) is 5.26 Å². The summed E-state index contributed by atoms with van der Waals surface area (Å²) in [4.78, 5) is 24.2. The standard InChI is InChI=1S/C13H12N2O3/c1-18-11-6-9(2-3-10(11)7-14)8-15-12(16)4-5-13(15)17/h2-3,6H,4-5,8H2,1H3. The van der Waals surface area contributed by atoms with Crippen molar-refractivity contribution in [2.45, 2.75) is 19.4 Å². The Morgan fingerprint density at radius 1 is 1.33 bits per heavy atom. The van der Waals surface area contributed by atoms with Crippen LogP contribution in [0.3, 0.4) is 0 Å². The number of likely N-dealkylation sites (tertiary alicyclic amines) is 1. The van der Waals surface area contributed by atoms with Crippen LogP contribution in [0.25, 0.3) is 0 Å². The third-order valence-corrected chi connectivity index (χ3v) is 2.88. The molecule has 0 spiro atoms. The van der Waals surface area contributed by atoms with E-state index in [0.717, 1.165) is 5.56 Å². The van der Waals surface area contributed by atoms with Crippen molar-refractivity contribution >= 4 is 11.8 Å². The van der Waals surface area contributed by atoms with Gasteiger partial charge in [0, 0.05) is 12.8 Å². The fourth-order valence-corrected chi connectivity index (χ4v) is 1.91. The summed E-state index contributed by atoms with van der Waals surface area (Å²) in [5.74, 6) is 0.153. The molecule has 0 bridgehead atoms. The maximum absolute atomic E-state index is 11.5. The number of ether oxygens (including phenoxy) is 1. The molecule has 1 aromatic carbocycles. The number of carbonyl (C=O) groups is 2. The number of rotatable bonds is 3. The van der Waals surface area contributed by atoms with Gasteiger partial charge in [0.2, 0.25) is 11.8 Å². The lowest BCUT2D eigenvalue weighted by atomic mass is 10.1. The molecule has 0 N–H and O–H groups in total. The van der Waals surface area contributed by atoms with E-state index >= 15 is 0 Å². The molecule has 1 fully saturated rings. The molecular weight excluding hydrogens is 232 g/mol. The lowest BCUT2D eigenvalue weighted by molar-refractivity contribution is -0.139. The van der Waals surface area contributed by atoms with Crippen LogP contribution in [-0.4, -0.2) is 23.8 Å². The number of carbonyl (C=O) groups excluding carboxylic acids is 2. The molecule has 1 aromatic rings. The molecule has 92 valence electrons. The van der Waals surface area contributed by atoms with Gasteiger partial charge in [0.25, 0.3) is 0 Å². The van der Waals surface area contributed by atoms with E-state index in [4.69, 9.17) is 10.00 Å². The van der Waals surface area contributed by atoms with E-state index in [-0.39, 0.29) is 31.2 Å². The van der Waals surface area contributed by atoms with Gasteiger partial charge in [-0.3, -0.25) is 14.5 Å². The van der Waals surface area contributed by atoms with Crippen LogP contribution in [0.5, 0.6) is 5.75 Å². The van der Waals surface area contributed by atoms with Gasteiger partial charge in [-0.25, -0.2) is 0 Å². The first-order valence-electron chi connectivity index (χ1n) is 5.56. The molecule has 0 unspecified atom stereocenters. The van der Waals surface area contributed by atoms with E-state index < -0.39 is 0 Å². The zero-order valence-electron chi connectivity index (χ0n) is 9.97. The highest BCUT2D eigenvalue weighted by Gasteiger charge is 2.28. The Morgan fingerprint density at radius 2 is 2.00 bits per heavy atom. The molecule has 5 heteroatoms. The maximum atomic E-state index is 11.5. The first kappa shape index (κ1) is 12.1. The lowest BCUT2D eigenvalue weighted by Gasteiger charge is -2.14. The normalized spacial score (nSPS) is 14.8. The van der Waals surface area contributed by atoms with Crippen LogP contribution >= 0.6 is 0 Å². The topological polar surface area (TPSA) is 70.4 Å². The summed E-state index contributed by atoms with van der Waals surface area (Å²) in [7, 11) is 1.48. The Balaban J connectivity index is 2.22. The van der Waals surface area contributed by atoms with Crippen molar-refractivity contribution < 1.29 is 14.3 Å². The summed E-state index contributed by atoms with van der Waals surface area (Å²) in [5.41, 5.74) is 1.20. The summed E-state index contributed by atoms with van der Waals surface area (Å²) in [6.45, 7) is 0.236. The van der Waals surface area contributed by atoms with Gasteiger partial charge in [-0.1, -0.05) is 6.07 Å². The van der Waals surface area contributed by atoms with Crippen molar-refractivity contribution in [3.05, 3.63) is 29.3 Å². The van der Waals surface area contributed by atoms with E-state index in [0.29, 0.717) is 11.3 Å². The Labute approximate surface area is 105 Å². The lowest BCUT2D eigenvalue weighted by Crippen LogP contribution is -2.28. The minimum Gasteiger partial charge on any atom is -0.495 e. The number of benzene rings is 1. The average molecular weight is 244 g/mol. The summed E-state index contributed by atoms with van der Waals surface area (Å²) in [6.07, 6.45) is 0.568. The van der Waals surface area contributed by atoms with Gasteiger partial charge in [0.1, 0.15) is 11.8 Å². The van der Waals surface area contributed by atoms with Crippen molar-refractivity contribution in [2.24, 2.45) is 0 Å². The van der Waals surface area contributed by atoms with Gasteiger partial charge in [0.05, 0.1) is 19.2 Å². The van der Waals surface area contributed by atoms with E-state index in [1.807, 2.05) is 6.07 Å². The van der Waals surface area contributed by atoms with Crippen LogP contribution in [0.15, 0.2) is 18.2 Å². The Bertz CT molecular complexity index is 530. The molecule has 5 nitrogen and oxygen atoms in total. The fourth-order valence-electron chi connectivity index (χ4n) is 1.91. The highest BCUT2D eigenvalue weighted by atomic mass is 16.5. The summed E-state index contributed by atoms with van der Waals surface area (Å²) in [5, 5.41) is 8.86. The molecule has 0 aromatic heterocycles. The SMILES string of the molecule is COc1cc(CN2C(=O)CCC2=O)ccc1C#N. The van der Waals surface area contributed by atoms with E-state index in [1.165, 1.54) is 12.0 Å². The molecule has 2 amide bonds. The van der Waals surface area contributed by atoms with Gasteiger partial charge in [-0.2, -0.15) is 5.26 Å². The van der Waals surface area contributed by atoms with E-state index in [2.05, 4.69) is 0 Å². The molecule has 18 heavy (non-hydrogen) atoms. The number of nitrogens with zero attached hydrogens (tertiary/aromatic N) is 2. The highest BCUT2D eigenvalue weighted by molar-refractivity contribution is 6.01. The first-order chi connectivity index (χ1) is 8.65.